The fraction of sp³-hybridized carbons (Fsp3) is 1.00. The molecule has 15 heavy (non-hydrogen) atoms. The maximum atomic E-state index is 3.49. The van der Waals surface area contributed by atoms with Crippen LogP contribution in [0.1, 0.15) is 51.4 Å². The van der Waals surface area contributed by atoms with E-state index in [0.717, 1.165) is 23.2 Å². The van der Waals surface area contributed by atoms with Crippen molar-refractivity contribution in [3.05, 3.63) is 0 Å². The molecule has 1 N–H and O–H groups in total. The van der Waals surface area contributed by atoms with Gasteiger partial charge in [0.25, 0.3) is 0 Å². The standard InChI is InChI=1S/C14H25N/c1-15-10-14(8-11-7-12(11)9-14)13-5-3-2-4-6-13/h11-13,15H,2-10H2,1H3. The van der Waals surface area contributed by atoms with E-state index in [0.29, 0.717) is 0 Å². The average molecular weight is 207 g/mol. The zero-order valence-electron chi connectivity index (χ0n) is 10.1. The molecule has 0 aliphatic heterocycles. The van der Waals surface area contributed by atoms with E-state index in [4.69, 9.17) is 0 Å². The number of hydrogen-bond acceptors (Lipinski definition) is 1. The van der Waals surface area contributed by atoms with Crippen LogP contribution in [0.3, 0.4) is 0 Å². The van der Waals surface area contributed by atoms with Crippen molar-refractivity contribution < 1.29 is 0 Å². The summed E-state index contributed by atoms with van der Waals surface area (Å²) in [6.07, 6.45) is 12.3. The van der Waals surface area contributed by atoms with E-state index >= 15 is 0 Å². The van der Waals surface area contributed by atoms with Gasteiger partial charge in [-0.2, -0.15) is 0 Å². The van der Waals surface area contributed by atoms with Gasteiger partial charge in [-0.15, -0.1) is 0 Å². The van der Waals surface area contributed by atoms with Crippen LogP contribution in [0.25, 0.3) is 0 Å². The van der Waals surface area contributed by atoms with Crippen LogP contribution in [0, 0.1) is 23.2 Å². The Labute approximate surface area is 94.0 Å². The molecule has 0 aromatic rings. The molecule has 0 radical (unpaired) electrons. The molecule has 0 aromatic carbocycles. The van der Waals surface area contributed by atoms with Gasteiger partial charge in [-0.25, -0.2) is 0 Å². The maximum absolute atomic E-state index is 3.49. The summed E-state index contributed by atoms with van der Waals surface area (Å²) in [4.78, 5) is 0. The van der Waals surface area contributed by atoms with Gasteiger partial charge in [0.2, 0.25) is 0 Å². The highest BCUT2D eigenvalue weighted by molar-refractivity contribution is 5.06. The largest absolute Gasteiger partial charge is 0.319 e. The molecule has 3 saturated carbocycles. The molecule has 86 valence electrons. The third kappa shape index (κ3) is 1.73. The van der Waals surface area contributed by atoms with Crippen molar-refractivity contribution in [3.63, 3.8) is 0 Å². The van der Waals surface area contributed by atoms with Crippen molar-refractivity contribution in [1.29, 1.82) is 0 Å². The van der Waals surface area contributed by atoms with Crippen molar-refractivity contribution in [3.8, 4) is 0 Å². The van der Waals surface area contributed by atoms with E-state index in [2.05, 4.69) is 12.4 Å². The molecule has 0 spiro atoms. The third-order valence-corrected chi connectivity index (χ3v) is 5.41. The second-order valence-corrected chi connectivity index (χ2v) is 6.39. The lowest BCUT2D eigenvalue weighted by Gasteiger charge is -2.41. The predicted molar refractivity (Wildman–Crippen MR) is 63.8 cm³/mol. The number of hydrogen-bond donors (Lipinski definition) is 1. The van der Waals surface area contributed by atoms with Crippen molar-refractivity contribution in [1.82, 2.24) is 5.32 Å². The lowest BCUT2D eigenvalue weighted by Crippen LogP contribution is -2.39. The van der Waals surface area contributed by atoms with Crippen LogP contribution in [0.2, 0.25) is 0 Å². The molecule has 3 fully saturated rings. The lowest BCUT2D eigenvalue weighted by molar-refractivity contribution is 0.107. The fourth-order valence-corrected chi connectivity index (χ4v) is 4.63. The topological polar surface area (TPSA) is 12.0 Å². The summed E-state index contributed by atoms with van der Waals surface area (Å²) in [5.41, 5.74) is 0.725. The number of rotatable bonds is 3. The molecule has 2 atom stereocenters. The number of fused-ring (bicyclic) bond motifs is 1. The molecule has 0 bridgehead atoms. The minimum Gasteiger partial charge on any atom is -0.319 e. The zero-order valence-corrected chi connectivity index (χ0v) is 10.1. The summed E-state index contributed by atoms with van der Waals surface area (Å²) in [5.74, 6) is 3.34. The molecule has 3 aliphatic carbocycles. The minimum atomic E-state index is 0.725. The van der Waals surface area contributed by atoms with Gasteiger partial charge in [0.1, 0.15) is 0 Å². The van der Waals surface area contributed by atoms with Crippen LogP contribution < -0.4 is 5.32 Å². The van der Waals surface area contributed by atoms with Gasteiger partial charge >= 0.3 is 0 Å². The van der Waals surface area contributed by atoms with Crippen LogP contribution >= 0.6 is 0 Å². The smallest absolute Gasteiger partial charge is 0.000767 e. The Hall–Kier alpha value is -0.0400. The van der Waals surface area contributed by atoms with Crippen LogP contribution in [-0.4, -0.2) is 13.6 Å². The average Bonchev–Trinajstić information content (AvgIpc) is 2.89. The van der Waals surface area contributed by atoms with Gasteiger partial charge < -0.3 is 5.32 Å². The van der Waals surface area contributed by atoms with Gasteiger partial charge in [-0.3, -0.25) is 0 Å². The molecule has 2 unspecified atom stereocenters. The second kappa shape index (κ2) is 3.76. The molecule has 0 amide bonds. The van der Waals surface area contributed by atoms with Gasteiger partial charge in [-0.05, 0) is 62.3 Å². The summed E-state index contributed by atoms with van der Waals surface area (Å²) in [6, 6.07) is 0. The van der Waals surface area contributed by atoms with Gasteiger partial charge in [0.15, 0.2) is 0 Å². The van der Waals surface area contributed by atoms with Crippen molar-refractivity contribution in [2.75, 3.05) is 13.6 Å². The van der Waals surface area contributed by atoms with Crippen LogP contribution in [0.15, 0.2) is 0 Å². The highest BCUT2D eigenvalue weighted by Gasteiger charge is 2.55. The van der Waals surface area contributed by atoms with Crippen molar-refractivity contribution in [2.45, 2.75) is 51.4 Å². The lowest BCUT2D eigenvalue weighted by atomic mass is 9.66. The van der Waals surface area contributed by atoms with Crippen LogP contribution in [0.5, 0.6) is 0 Å². The molecule has 0 aromatic heterocycles. The van der Waals surface area contributed by atoms with E-state index in [-0.39, 0.29) is 0 Å². The highest BCUT2D eigenvalue weighted by Crippen LogP contribution is 2.63. The summed E-state index contributed by atoms with van der Waals surface area (Å²) < 4.78 is 0. The Kier molecular flexibility index (Phi) is 2.54. The van der Waals surface area contributed by atoms with Gasteiger partial charge in [0, 0.05) is 6.54 Å². The Morgan fingerprint density at radius 3 is 2.33 bits per heavy atom. The molecule has 1 nitrogen and oxygen atoms in total. The van der Waals surface area contributed by atoms with Crippen LogP contribution in [-0.2, 0) is 0 Å². The van der Waals surface area contributed by atoms with E-state index in [1.807, 2.05) is 0 Å². The van der Waals surface area contributed by atoms with E-state index in [9.17, 15) is 0 Å². The Morgan fingerprint density at radius 1 is 1.07 bits per heavy atom. The first-order chi connectivity index (χ1) is 7.34. The Bertz CT molecular complexity index is 219. The zero-order chi connectivity index (χ0) is 10.3. The molecule has 0 saturated heterocycles. The first-order valence-electron chi connectivity index (χ1n) is 6.99. The van der Waals surface area contributed by atoms with E-state index in [1.165, 1.54) is 38.6 Å². The van der Waals surface area contributed by atoms with Crippen LogP contribution in [0.4, 0.5) is 0 Å². The molecule has 1 heteroatoms. The maximum Gasteiger partial charge on any atom is 0.000767 e. The quantitative estimate of drug-likeness (QED) is 0.749. The third-order valence-electron chi connectivity index (χ3n) is 5.41. The van der Waals surface area contributed by atoms with Gasteiger partial charge in [0.05, 0.1) is 0 Å². The monoisotopic (exact) mass is 207 g/mol. The summed E-state index contributed by atoms with van der Waals surface area (Å²) >= 11 is 0. The molecule has 3 rings (SSSR count). The van der Waals surface area contributed by atoms with Crippen molar-refractivity contribution in [2.24, 2.45) is 23.2 Å². The molecular formula is C14H25N. The van der Waals surface area contributed by atoms with Crippen molar-refractivity contribution >= 4 is 0 Å². The normalized spacial score (nSPS) is 45.4. The first-order valence-corrected chi connectivity index (χ1v) is 6.99. The summed E-state index contributed by atoms with van der Waals surface area (Å²) in [6.45, 7) is 1.30. The Balaban J connectivity index is 1.71. The Morgan fingerprint density at radius 2 is 1.73 bits per heavy atom. The highest BCUT2D eigenvalue weighted by atomic mass is 14.8. The minimum absolute atomic E-state index is 0.725. The molecular weight excluding hydrogens is 182 g/mol. The summed E-state index contributed by atoms with van der Waals surface area (Å²) in [7, 11) is 2.15. The molecule has 0 heterocycles. The SMILES string of the molecule is CNCC1(C2CCCCC2)CC2CC2C1. The first kappa shape index (κ1) is 10.1. The van der Waals surface area contributed by atoms with E-state index in [1.54, 1.807) is 19.3 Å². The van der Waals surface area contributed by atoms with Gasteiger partial charge in [-0.1, -0.05) is 19.3 Å². The second-order valence-electron chi connectivity index (χ2n) is 6.39. The predicted octanol–water partition coefficient (Wildman–Crippen LogP) is 3.20. The van der Waals surface area contributed by atoms with E-state index < -0.39 is 0 Å². The summed E-state index contributed by atoms with van der Waals surface area (Å²) in [5, 5.41) is 3.49. The molecule has 3 aliphatic rings. The fourth-order valence-electron chi connectivity index (χ4n) is 4.63. The number of nitrogens with one attached hydrogen (secondary N) is 1.